The van der Waals surface area contributed by atoms with Gasteiger partial charge in [-0.1, -0.05) is 44.5 Å². The number of amides is 1. The van der Waals surface area contributed by atoms with Crippen LogP contribution in [0.3, 0.4) is 0 Å². The van der Waals surface area contributed by atoms with E-state index >= 15 is 0 Å². The van der Waals surface area contributed by atoms with Crippen molar-refractivity contribution in [2.45, 2.75) is 45.6 Å². The molecule has 1 aromatic rings. The van der Waals surface area contributed by atoms with Gasteiger partial charge in [-0.3, -0.25) is 9.69 Å². The molecule has 124 valence electrons. The van der Waals surface area contributed by atoms with Gasteiger partial charge in [-0.25, -0.2) is 0 Å². The average Bonchev–Trinajstić information content (AvgIpc) is 2.61. The molecule has 1 saturated heterocycles. The maximum absolute atomic E-state index is 12.1. The quantitative estimate of drug-likeness (QED) is 0.810. The van der Waals surface area contributed by atoms with E-state index < -0.39 is 0 Å². The van der Waals surface area contributed by atoms with Crippen LogP contribution in [0.1, 0.15) is 50.3 Å². The van der Waals surface area contributed by atoms with Gasteiger partial charge in [0.15, 0.2) is 0 Å². The number of carbonyl (C=O) groups excluding carboxylic acids is 1. The van der Waals surface area contributed by atoms with Crippen LogP contribution >= 0.6 is 0 Å². The van der Waals surface area contributed by atoms with Crippen LogP contribution < -0.4 is 0 Å². The van der Waals surface area contributed by atoms with E-state index in [1.54, 1.807) is 0 Å². The summed E-state index contributed by atoms with van der Waals surface area (Å²) in [4.78, 5) is 16.2. The molecule has 2 rings (SSSR count). The third kappa shape index (κ3) is 4.56. The molecule has 1 amide bonds. The first-order valence-corrected chi connectivity index (χ1v) is 8.69. The second kappa shape index (κ2) is 8.69. The molecule has 1 unspecified atom stereocenters. The van der Waals surface area contributed by atoms with Crippen LogP contribution in [0.25, 0.3) is 0 Å². The summed E-state index contributed by atoms with van der Waals surface area (Å²) in [6.07, 6.45) is 3.67. The SMILES string of the molecule is CCCCC(=O)N1CCN(C(C#N)c2ccc(CC)cc2)CC1. The van der Waals surface area contributed by atoms with Crippen molar-refractivity contribution in [1.29, 1.82) is 5.26 Å². The number of aryl methyl sites for hydroxylation is 1. The number of hydrogen-bond acceptors (Lipinski definition) is 3. The number of piperazine rings is 1. The molecule has 1 atom stereocenters. The largest absolute Gasteiger partial charge is 0.340 e. The Morgan fingerprint density at radius 3 is 2.35 bits per heavy atom. The van der Waals surface area contributed by atoms with Gasteiger partial charge in [0, 0.05) is 32.6 Å². The van der Waals surface area contributed by atoms with Crippen LogP contribution in [0.4, 0.5) is 0 Å². The van der Waals surface area contributed by atoms with Crippen molar-refractivity contribution in [2.75, 3.05) is 26.2 Å². The zero-order valence-electron chi connectivity index (χ0n) is 14.3. The lowest BCUT2D eigenvalue weighted by atomic mass is 10.0. The fraction of sp³-hybridized carbons (Fsp3) is 0.579. The molecule has 1 aromatic carbocycles. The van der Waals surface area contributed by atoms with Gasteiger partial charge in [-0.15, -0.1) is 0 Å². The number of unbranched alkanes of at least 4 members (excludes halogenated alkanes) is 1. The Balaban J connectivity index is 1.94. The third-order valence-corrected chi connectivity index (χ3v) is 4.60. The molecule has 0 bridgehead atoms. The van der Waals surface area contributed by atoms with E-state index in [9.17, 15) is 10.1 Å². The normalized spacial score (nSPS) is 16.8. The van der Waals surface area contributed by atoms with Crippen molar-refractivity contribution in [3.05, 3.63) is 35.4 Å². The molecule has 0 spiro atoms. The third-order valence-electron chi connectivity index (χ3n) is 4.60. The minimum Gasteiger partial charge on any atom is -0.340 e. The Bertz CT molecular complexity index is 539. The van der Waals surface area contributed by atoms with Crippen LogP contribution in [0, 0.1) is 11.3 Å². The molecular weight excluding hydrogens is 286 g/mol. The molecule has 0 radical (unpaired) electrons. The van der Waals surface area contributed by atoms with E-state index in [1.165, 1.54) is 5.56 Å². The van der Waals surface area contributed by atoms with Crippen LogP contribution in [-0.2, 0) is 11.2 Å². The van der Waals surface area contributed by atoms with E-state index in [0.717, 1.165) is 51.0 Å². The van der Waals surface area contributed by atoms with Gasteiger partial charge in [0.25, 0.3) is 0 Å². The van der Waals surface area contributed by atoms with E-state index in [-0.39, 0.29) is 11.9 Å². The van der Waals surface area contributed by atoms with Gasteiger partial charge in [0.1, 0.15) is 6.04 Å². The van der Waals surface area contributed by atoms with Crippen molar-refractivity contribution in [3.63, 3.8) is 0 Å². The highest BCUT2D eigenvalue weighted by Crippen LogP contribution is 2.22. The van der Waals surface area contributed by atoms with Crippen LogP contribution in [-0.4, -0.2) is 41.9 Å². The molecule has 0 aliphatic carbocycles. The van der Waals surface area contributed by atoms with E-state index in [2.05, 4.69) is 49.1 Å². The maximum atomic E-state index is 12.1. The average molecular weight is 313 g/mol. The lowest BCUT2D eigenvalue weighted by molar-refractivity contribution is -0.133. The van der Waals surface area contributed by atoms with Crippen molar-refractivity contribution in [2.24, 2.45) is 0 Å². The number of rotatable bonds is 6. The highest BCUT2D eigenvalue weighted by molar-refractivity contribution is 5.76. The highest BCUT2D eigenvalue weighted by atomic mass is 16.2. The van der Waals surface area contributed by atoms with Crippen LogP contribution in [0.5, 0.6) is 0 Å². The lowest BCUT2D eigenvalue weighted by Crippen LogP contribution is -2.49. The molecular formula is C19H27N3O. The molecule has 1 aliphatic rings. The van der Waals surface area contributed by atoms with Gasteiger partial charge in [-0.05, 0) is 24.0 Å². The van der Waals surface area contributed by atoms with Crippen molar-refractivity contribution < 1.29 is 4.79 Å². The fourth-order valence-electron chi connectivity index (χ4n) is 3.02. The van der Waals surface area contributed by atoms with Gasteiger partial charge in [-0.2, -0.15) is 5.26 Å². The maximum Gasteiger partial charge on any atom is 0.222 e. The molecule has 4 heteroatoms. The Labute approximate surface area is 139 Å². The number of benzene rings is 1. The smallest absolute Gasteiger partial charge is 0.222 e. The Morgan fingerprint density at radius 2 is 1.83 bits per heavy atom. The number of hydrogen-bond donors (Lipinski definition) is 0. The summed E-state index contributed by atoms with van der Waals surface area (Å²) in [6.45, 7) is 7.23. The van der Waals surface area contributed by atoms with Crippen LogP contribution in [0.15, 0.2) is 24.3 Å². The zero-order chi connectivity index (χ0) is 16.7. The van der Waals surface area contributed by atoms with Crippen LogP contribution in [0.2, 0.25) is 0 Å². The first kappa shape index (κ1) is 17.5. The van der Waals surface area contributed by atoms with Gasteiger partial charge < -0.3 is 4.90 Å². The molecule has 0 N–H and O–H groups in total. The number of carbonyl (C=O) groups is 1. The molecule has 23 heavy (non-hydrogen) atoms. The Morgan fingerprint density at radius 1 is 1.17 bits per heavy atom. The fourth-order valence-corrected chi connectivity index (χ4v) is 3.02. The van der Waals surface area contributed by atoms with E-state index in [0.29, 0.717) is 6.42 Å². The van der Waals surface area contributed by atoms with Gasteiger partial charge in [0.05, 0.1) is 6.07 Å². The molecule has 0 saturated carbocycles. The van der Waals surface area contributed by atoms with Crippen molar-refractivity contribution >= 4 is 5.91 Å². The topological polar surface area (TPSA) is 47.3 Å². The lowest BCUT2D eigenvalue weighted by Gasteiger charge is -2.37. The summed E-state index contributed by atoms with van der Waals surface area (Å²) in [7, 11) is 0. The van der Waals surface area contributed by atoms with Gasteiger partial charge in [0.2, 0.25) is 5.91 Å². The summed E-state index contributed by atoms with van der Waals surface area (Å²) < 4.78 is 0. The summed E-state index contributed by atoms with van der Waals surface area (Å²) in [5.74, 6) is 0.257. The summed E-state index contributed by atoms with van der Waals surface area (Å²) in [6, 6.07) is 10.5. The predicted molar refractivity (Wildman–Crippen MR) is 91.9 cm³/mol. The Hall–Kier alpha value is -1.86. The molecule has 1 heterocycles. The summed E-state index contributed by atoms with van der Waals surface area (Å²) >= 11 is 0. The summed E-state index contributed by atoms with van der Waals surface area (Å²) in [5, 5.41) is 9.58. The minimum absolute atomic E-state index is 0.214. The minimum atomic E-state index is -0.214. The van der Waals surface area contributed by atoms with E-state index in [1.807, 2.05) is 4.90 Å². The van der Waals surface area contributed by atoms with Gasteiger partial charge >= 0.3 is 0 Å². The first-order valence-electron chi connectivity index (χ1n) is 8.69. The van der Waals surface area contributed by atoms with Crippen molar-refractivity contribution in [1.82, 2.24) is 9.80 Å². The monoisotopic (exact) mass is 313 g/mol. The molecule has 1 aliphatic heterocycles. The van der Waals surface area contributed by atoms with Crippen molar-refractivity contribution in [3.8, 4) is 6.07 Å². The Kier molecular flexibility index (Phi) is 6.61. The standard InChI is InChI=1S/C19H27N3O/c1-3-5-6-19(23)22-13-11-21(12-14-22)18(15-20)17-9-7-16(4-2)8-10-17/h7-10,18H,3-6,11-14H2,1-2H3. The molecule has 0 aromatic heterocycles. The summed E-state index contributed by atoms with van der Waals surface area (Å²) in [5.41, 5.74) is 2.34. The number of nitrogens with zero attached hydrogens (tertiary/aromatic N) is 3. The highest BCUT2D eigenvalue weighted by Gasteiger charge is 2.26. The second-order valence-electron chi connectivity index (χ2n) is 6.15. The predicted octanol–water partition coefficient (Wildman–Crippen LogP) is 3.15. The molecule has 1 fully saturated rings. The number of nitriles is 1. The molecule has 4 nitrogen and oxygen atoms in total. The first-order chi connectivity index (χ1) is 11.2. The van der Waals surface area contributed by atoms with E-state index in [4.69, 9.17) is 0 Å². The zero-order valence-corrected chi connectivity index (χ0v) is 14.3. The second-order valence-corrected chi connectivity index (χ2v) is 6.15.